The van der Waals surface area contributed by atoms with Crippen molar-refractivity contribution in [2.24, 2.45) is 0 Å². The van der Waals surface area contributed by atoms with Crippen LogP contribution in [0, 0.1) is 0 Å². The number of hydrogen-bond donors (Lipinski definition) is 1. The van der Waals surface area contributed by atoms with Crippen molar-refractivity contribution < 1.29 is 9.90 Å². The third-order valence-electron chi connectivity index (χ3n) is 3.30. The third-order valence-corrected chi connectivity index (χ3v) is 3.30. The van der Waals surface area contributed by atoms with Crippen LogP contribution in [0.1, 0.15) is 23.2 Å². The van der Waals surface area contributed by atoms with Crippen LogP contribution in [0.3, 0.4) is 0 Å². The molecule has 5 heteroatoms. The fourth-order valence-electron chi connectivity index (χ4n) is 2.25. The van der Waals surface area contributed by atoms with Gasteiger partial charge in [-0.2, -0.15) is 0 Å². The van der Waals surface area contributed by atoms with Crippen LogP contribution < -0.4 is 4.90 Å². The molecule has 1 aromatic heterocycles. The molecule has 1 N–H and O–H groups in total. The van der Waals surface area contributed by atoms with E-state index in [1.807, 2.05) is 19.0 Å². The highest BCUT2D eigenvalue weighted by Gasteiger charge is 2.28. The quantitative estimate of drug-likeness (QED) is 0.858. The zero-order valence-corrected chi connectivity index (χ0v) is 10.8. The van der Waals surface area contributed by atoms with Crippen molar-refractivity contribution in [3.05, 3.63) is 23.9 Å². The van der Waals surface area contributed by atoms with Crippen molar-refractivity contribution in [2.75, 3.05) is 32.1 Å². The lowest BCUT2D eigenvalue weighted by atomic mass is 10.2. The van der Waals surface area contributed by atoms with Gasteiger partial charge in [0, 0.05) is 32.4 Å². The van der Waals surface area contributed by atoms with Crippen LogP contribution in [0.25, 0.3) is 0 Å². The van der Waals surface area contributed by atoms with Gasteiger partial charge in [-0.3, -0.25) is 4.79 Å². The maximum atomic E-state index is 12.4. The van der Waals surface area contributed by atoms with Gasteiger partial charge in [0.05, 0.1) is 12.6 Å². The molecule has 0 spiro atoms. The molecule has 1 aromatic rings. The van der Waals surface area contributed by atoms with E-state index in [1.54, 1.807) is 23.2 Å². The molecule has 0 aromatic carbocycles. The van der Waals surface area contributed by atoms with Crippen molar-refractivity contribution >= 4 is 11.7 Å². The molecule has 2 heterocycles. The summed E-state index contributed by atoms with van der Waals surface area (Å²) >= 11 is 0. The maximum Gasteiger partial charge on any atom is 0.254 e. The fraction of sp³-hybridized carbons (Fsp3) is 0.538. The second kappa shape index (κ2) is 5.35. The van der Waals surface area contributed by atoms with E-state index in [2.05, 4.69) is 4.98 Å². The molecular formula is C13H19N3O2. The number of pyridine rings is 1. The van der Waals surface area contributed by atoms with Crippen molar-refractivity contribution in [2.45, 2.75) is 18.9 Å². The first-order chi connectivity index (χ1) is 8.63. The number of rotatable bonds is 3. The second-order valence-electron chi connectivity index (χ2n) is 4.77. The van der Waals surface area contributed by atoms with Gasteiger partial charge in [-0.1, -0.05) is 0 Å². The number of anilines is 1. The van der Waals surface area contributed by atoms with E-state index >= 15 is 0 Å². The topological polar surface area (TPSA) is 56.7 Å². The Morgan fingerprint density at radius 3 is 3.06 bits per heavy atom. The molecule has 0 aliphatic carbocycles. The van der Waals surface area contributed by atoms with Crippen LogP contribution in [0.15, 0.2) is 18.3 Å². The van der Waals surface area contributed by atoms with Crippen LogP contribution >= 0.6 is 0 Å². The second-order valence-corrected chi connectivity index (χ2v) is 4.77. The number of aromatic nitrogens is 1. The van der Waals surface area contributed by atoms with Crippen LogP contribution in [0.5, 0.6) is 0 Å². The average molecular weight is 249 g/mol. The van der Waals surface area contributed by atoms with Gasteiger partial charge in [-0.05, 0) is 25.0 Å². The van der Waals surface area contributed by atoms with Crippen molar-refractivity contribution in [3.8, 4) is 0 Å². The molecule has 1 saturated heterocycles. The Labute approximate surface area is 107 Å². The normalized spacial score (nSPS) is 19.1. The number of nitrogens with zero attached hydrogens (tertiary/aromatic N) is 3. The number of carbonyl (C=O) groups excluding carboxylic acids is 1. The molecule has 5 nitrogen and oxygen atoms in total. The van der Waals surface area contributed by atoms with E-state index in [0.717, 1.165) is 25.2 Å². The van der Waals surface area contributed by atoms with E-state index in [1.165, 1.54) is 0 Å². The predicted molar refractivity (Wildman–Crippen MR) is 69.7 cm³/mol. The lowest BCUT2D eigenvalue weighted by molar-refractivity contribution is 0.0677. The molecule has 0 unspecified atom stereocenters. The summed E-state index contributed by atoms with van der Waals surface area (Å²) in [4.78, 5) is 20.2. The minimum Gasteiger partial charge on any atom is -0.394 e. The highest BCUT2D eigenvalue weighted by atomic mass is 16.3. The summed E-state index contributed by atoms with van der Waals surface area (Å²) < 4.78 is 0. The molecule has 0 saturated carbocycles. The monoisotopic (exact) mass is 249 g/mol. The lowest BCUT2D eigenvalue weighted by Gasteiger charge is -2.23. The first-order valence-electron chi connectivity index (χ1n) is 6.18. The van der Waals surface area contributed by atoms with Gasteiger partial charge >= 0.3 is 0 Å². The smallest absolute Gasteiger partial charge is 0.254 e. The number of aliphatic hydroxyl groups is 1. The van der Waals surface area contributed by atoms with Gasteiger partial charge in [0.1, 0.15) is 5.82 Å². The molecule has 18 heavy (non-hydrogen) atoms. The molecule has 2 rings (SSSR count). The Balaban J connectivity index is 2.20. The van der Waals surface area contributed by atoms with Gasteiger partial charge in [-0.15, -0.1) is 0 Å². The maximum absolute atomic E-state index is 12.4. The van der Waals surface area contributed by atoms with Gasteiger partial charge in [0.15, 0.2) is 0 Å². The highest BCUT2D eigenvalue weighted by molar-refractivity contribution is 5.95. The molecule has 98 valence electrons. The molecular weight excluding hydrogens is 230 g/mol. The molecule has 0 bridgehead atoms. The van der Waals surface area contributed by atoms with E-state index in [-0.39, 0.29) is 18.6 Å². The summed E-state index contributed by atoms with van der Waals surface area (Å²) in [5, 5.41) is 9.26. The summed E-state index contributed by atoms with van der Waals surface area (Å²) in [6.07, 6.45) is 3.49. The van der Waals surface area contributed by atoms with Gasteiger partial charge < -0.3 is 14.9 Å². The fourth-order valence-corrected chi connectivity index (χ4v) is 2.25. The Morgan fingerprint density at radius 2 is 2.39 bits per heavy atom. The Bertz CT molecular complexity index is 434. The molecule has 1 aliphatic heterocycles. The molecule has 1 fully saturated rings. The minimum absolute atomic E-state index is 0.0166. The van der Waals surface area contributed by atoms with E-state index in [9.17, 15) is 9.90 Å². The van der Waals surface area contributed by atoms with Crippen molar-refractivity contribution in [3.63, 3.8) is 0 Å². The van der Waals surface area contributed by atoms with Gasteiger partial charge in [0.2, 0.25) is 0 Å². The number of likely N-dealkylation sites (tertiary alicyclic amines) is 1. The Hall–Kier alpha value is -1.62. The number of aliphatic hydroxyl groups excluding tert-OH is 1. The van der Waals surface area contributed by atoms with Crippen molar-refractivity contribution in [1.82, 2.24) is 9.88 Å². The summed E-state index contributed by atoms with van der Waals surface area (Å²) in [6, 6.07) is 3.48. The standard InChI is InChI=1S/C13H19N3O2/c1-15(2)12-8-10(5-6-14-12)13(18)16-7-3-4-11(16)9-17/h5-6,8,11,17H,3-4,7,9H2,1-2H3/t11-/m0/s1. The van der Waals surface area contributed by atoms with E-state index < -0.39 is 0 Å². The Kier molecular flexibility index (Phi) is 3.81. The number of hydrogen-bond acceptors (Lipinski definition) is 4. The molecule has 1 amide bonds. The van der Waals surface area contributed by atoms with Crippen LogP contribution in [0.4, 0.5) is 5.82 Å². The van der Waals surface area contributed by atoms with Crippen LogP contribution in [-0.4, -0.2) is 54.2 Å². The summed E-state index contributed by atoms with van der Waals surface area (Å²) in [5.41, 5.74) is 0.633. The molecule has 1 atom stereocenters. The van der Waals surface area contributed by atoms with E-state index in [0.29, 0.717) is 5.56 Å². The zero-order chi connectivity index (χ0) is 13.1. The largest absolute Gasteiger partial charge is 0.394 e. The van der Waals surface area contributed by atoms with Gasteiger partial charge in [-0.25, -0.2) is 4.98 Å². The van der Waals surface area contributed by atoms with Crippen LogP contribution in [-0.2, 0) is 0 Å². The first kappa shape index (κ1) is 12.8. The Morgan fingerprint density at radius 1 is 1.61 bits per heavy atom. The van der Waals surface area contributed by atoms with Gasteiger partial charge in [0.25, 0.3) is 5.91 Å². The zero-order valence-electron chi connectivity index (χ0n) is 10.8. The minimum atomic E-state index is -0.0338. The lowest BCUT2D eigenvalue weighted by Crippen LogP contribution is -2.37. The first-order valence-corrected chi connectivity index (χ1v) is 6.18. The molecule has 0 radical (unpaired) electrons. The van der Waals surface area contributed by atoms with E-state index in [4.69, 9.17) is 0 Å². The summed E-state index contributed by atoms with van der Waals surface area (Å²) in [7, 11) is 3.78. The molecule has 1 aliphatic rings. The highest BCUT2D eigenvalue weighted by Crippen LogP contribution is 2.20. The van der Waals surface area contributed by atoms with Crippen LogP contribution in [0.2, 0.25) is 0 Å². The summed E-state index contributed by atoms with van der Waals surface area (Å²) in [6.45, 7) is 0.765. The third kappa shape index (κ3) is 2.46. The average Bonchev–Trinajstić information content (AvgIpc) is 2.86. The van der Waals surface area contributed by atoms with Crippen molar-refractivity contribution in [1.29, 1.82) is 0 Å². The number of carbonyl (C=O) groups is 1. The number of amides is 1. The summed E-state index contributed by atoms with van der Waals surface area (Å²) in [5.74, 6) is 0.748. The predicted octanol–water partition coefficient (Wildman–Crippen LogP) is 0.744. The SMILES string of the molecule is CN(C)c1cc(C(=O)N2CCC[C@H]2CO)ccn1.